The number of hydrogen-bond acceptors (Lipinski definition) is 4. The van der Waals surface area contributed by atoms with Gasteiger partial charge < -0.3 is 14.8 Å². The first-order valence-corrected chi connectivity index (χ1v) is 7.83. The van der Waals surface area contributed by atoms with Crippen molar-refractivity contribution in [2.45, 2.75) is 33.4 Å². The second-order valence-corrected chi connectivity index (χ2v) is 5.50. The van der Waals surface area contributed by atoms with Crippen LogP contribution >= 0.6 is 0 Å². The Kier molecular flexibility index (Phi) is 6.32. The number of methoxy groups -OCH3 is 1. The van der Waals surface area contributed by atoms with Crippen LogP contribution in [0.5, 0.6) is 11.5 Å². The minimum absolute atomic E-state index is 0.140. The van der Waals surface area contributed by atoms with Crippen LogP contribution in [0.4, 0.5) is 8.78 Å². The van der Waals surface area contributed by atoms with E-state index in [9.17, 15) is 13.6 Å². The van der Waals surface area contributed by atoms with Crippen LogP contribution in [0.3, 0.4) is 0 Å². The number of benzene rings is 1. The minimum atomic E-state index is -2.99. The van der Waals surface area contributed by atoms with Gasteiger partial charge in [0.05, 0.1) is 12.8 Å². The zero-order chi connectivity index (χ0) is 18.4. The van der Waals surface area contributed by atoms with E-state index in [4.69, 9.17) is 4.74 Å². The lowest BCUT2D eigenvalue weighted by Crippen LogP contribution is -2.25. The molecule has 1 N–H and O–H groups in total. The molecule has 25 heavy (non-hydrogen) atoms. The van der Waals surface area contributed by atoms with Crippen LogP contribution in [0, 0.1) is 13.8 Å². The molecule has 136 valence electrons. The molecule has 1 aromatic carbocycles. The topological polar surface area (TPSA) is 65.4 Å². The van der Waals surface area contributed by atoms with E-state index >= 15 is 0 Å². The van der Waals surface area contributed by atoms with Gasteiger partial charge in [0.25, 0.3) is 5.91 Å². The summed E-state index contributed by atoms with van der Waals surface area (Å²) in [5.74, 6) is -0.399. The summed E-state index contributed by atoms with van der Waals surface area (Å²) in [4.78, 5) is 12.1. The molecule has 2 aromatic rings. The quantitative estimate of drug-likeness (QED) is 0.741. The van der Waals surface area contributed by atoms with Crippen molar-refractivity contribution in [3.63, 3.8) is 0 Å². The maximum absolute atomic E-state index is 12.4. The standard InChI is InChI=1S/C17H21F2N3O3/c1-11-9-12(2)22(21-11)8-4-7-20-16(23)13-5-6-14(24-3)15(10-13)25-17(18)19/h5-6,9-10,17H,4,7-8H2,1-3H3,(H,20,23). The number of halogens is 2. The zero-order valence-electron chi connectivity index (χ0n) is 14.4. The maximum Gasteiger partial charge on any atom is 0.387 e. The van der Waals surface area contributed by atoms with Gasteiger partial charge in [-0.3, -0.25) is 9.48 Å². The number of aromatic nitrogens is 2. The normalized spacial score (nSPS) is 10.8. The maximum atomic E-state index is 12.4. The molecule has 1 heterocycles. The molecule has 0 saturated carbocycles. The van der Waals surface area contributed by atoms with Gasteiger partial charge in [0, 0.05) is 24.3 Å². The van der Waals surface area contributed by atoms with Gasteiger partial charge in [-0.2, -0.15) is 13.9 Å². The number of rotatable bonds is 8. The summed E-state index contributed by atoms with van der Waals surface area (Å²) in [5.41, 5.74) is 2.24. The fourth-order valence-electron chi connectivity index (χ4n) is 2.44. The van der Waals surface area contributed by atoms with Crippen molar-refractivity contribution in [1.82, 2.24) is 15.1 Å². The molecular weight excluding hydrogens is 332 g/mol. The number of nitrogens with one attached hydrogen (secondary N) is 1. The van der Waals surface area contributed by atoms with Crippen molar-refractivity contribution in [1.29, 1.82) is 0 Å². The summed E-state index contributed by atoms with van der Waals surface area (Å²) in [6, 6.07) is 6.14. The van der Waals surface area contributed by atoms with E-state index in [1.165, 1.54) is 25.3 Å². The number of carbonyl (C=O) groups excluding carboxylic acids is 1. The lowest BCUT2D eigenvalue weighted by molar-refractivity contribution is -0.0512. The Hall–Kier alpha value is -2.64. The van der Waals surface area contributed by atoms with Crippen LogP contribution in [-0.2, 0) is 6.54 Å². The highest BCUT2D eigenvalue weighted by atomic mass is 19.3. The number of nitrogens with zero attached hydrogens (tertiary/aromatic N) is 2. The molecule has 0 atom stereocenters. The summed E-state index contributed by atoms with van der Waals surface area (Å²) in [6.45, 7) is 2.03. The molecule has 0 aliphatic carbocycles. The molecule has 0 aliphatic rings. The molecule has 0 spiro atoms. The molecule has 6 nitrogen and oxygen atoms in total. The largest absolute Gasteiger partial charge is 0.493 e. The van der Waals surface area contributed by atoms with Gasteiger partial charge >= 0.3 is 6.61 Å². The van der Waals surface area contributed by atoms with Crippen molar-refractivity contribution < 1.29 is 23.0 Å². The number of ether oxygens (including phenoxy) is 2. The van der Waals surface area contributed by atoms with Crippen molar-refractivity contribution in [2.24, 2.45) is 0 Å². The van der Waals surface area contributed by atoms with Crippen molar-refractivity contribution in [3.8, 4) is 11.5 Å². The highest BCUT2D eigenvalue weighted by Gasteiger charge is 2.14. The third kappa shape index (κ3) is 5.17. The Labute approximate surface area is 144 Å². The molecule has 0 unspecified atom stereocenters. The molecule has 0 radical (unpaired) electrons. The van der Waals surface area contributed by atoms with E-state index in [-0.39, 0.29) is 23.0 Å². The van der Waals surface area contributed by atoms with E-state index in [2.05, 4.69) is 15.2 Å². The van der Waals surface area contributed by atoms with Crippen LogP contribution in [0.2, 0.25) is 0 Å². The predicted molar refractivity (Wildman–Crippen MR) is 88.3 cm³/mol. The molecule has 0 bridgehead atoms. The summed E-state index contributed by atoms with van der Waals surface area (Å²) in [7, 11) is 1.34. The monoisotopic (exact) mass is 353 g/mol. The van der Waals surface area contributed by atoms with Crippen LogP contribution in [0.1, 0.15) is 28.2 Å². The first kappa shape index (κ1) is 18.7. The Morgan fingerprint density at radius 1 is 1.28 bits per heavy atom. The highest BCUT2D eigenvalue weighted by molar-refractivity contribution is 5.94. The van der Waals surface area contributed by atoms with E-state index in [1.807, 2.05) is 24.6 Å². The SMILES string of the molecule is COc1ccc(C(=O)NCCCn2nc(C)cc2C)cc1OC(F)F. The Morgan fingerprint density at radius 3 is 2.64 bits per heavy atom. The number of hydrogen-bond donors (Lipinski definition) is 1. The number of amides is 1. The molecule has 0 saturated heterocycles. The lowest BCUT2D eigenvalue weighted by Gasteiger charge is -2.12. The molecule has 2 rings (SSSR count). The molecule has 0 aliphatic heterocycles. The van der Waals surface area contributed by atoms with Gasteiger partial charge in [-0.25, -0.2) is 0 Å². The molecule has 1 aromatic heterocycles. The first-order chi connectivity index (χ1) is 11.9. The van der Waals surface area contributed by atoms with Gasteiger partial charge in [-0.15, -0.1) is 0 Å². The van der Waals surface area contributed by atoms with Crippen LogP contribution in [0.25, 0.3) is 0 Å². The van der Waals surface area contributed by atoms with Gasteiger partial charge in [-0.05, 0) is 44.5 Å². The Bertz CT molecular complexity index is 732. The predicted octanol–water partition coefficient (Wildman–Crippen LogP) is 2.93. The van der Waals surface area contributed by atoms with Gasteiger partial charge in [0.2, 0.25) is 0 Å². The summed E-state index contributed by atoms with van der Waals surface area (Å²) in [5, 5.41) is 7.10. The van der Waals surface area contributed by atoms with E-state index in [0.29, 0.717) is 19.5 Å². The second-order valence-electron chi connectivity index (χ2n) is 5.50. The first-order valence-electron chi connectivity index (χ1n) is 7.83. The average molecular weight is 353 g/mol. The molecule has 1 amide bonds. The fraction of sp³-hybridized carbons (Fsp3) is 0.412. The van der Waals surface area contributed by atoms with Gasteiger partial charge in [0.1, 0.15) is 0 Å². The lowest BCUT2D eigenvalue weighted by atomic mass is 10.2. The molecule has 8 heteroatoms. The van der Waals surface area contributed by atoms with Crippen LogP contribution in [0.15, 0.2) is 24.3 Å². The van der Waals surface area contributed by atoms with E-state index in [0.717, 1.165) is 11.4 Å². The van der Waals surface area contributed by atoms with Crippen LogP contribution in [-0.4, -0.2) is 36.0 Å². The third-order valence-electron chi connectivity index (χ3n) is 3.58. The van der Waals surface area contributed by atoms with Crippen molar-refractivity contribution >= 4 is 5.91 Å². The van der Waals surface area contributed by atoms with E-state index < -0.39 is 6.61 Å². The van der Waals surface area contributed by atoms with Crippen LogP contribution < -0.4 is 14.8 Å². The van der Waals surface area contributed by atoms with E-state index in [1.54, 1.807) is 0 Å². The minimum Gasteiger partial charge on any atom is -0.493 e. The number of carbonyl (C=O) groups is 1. The Balaban J connectivity index is 1.90. The fourth-order valence-corrected chi connectivity index (χ4v) is 2.44. The van der Waals surface area contributed by atoms with Crippen molar-refractivity contribution in [2.75, 3.05) is 13.7 Å². The van der Waals surface area contributed by atoms with Gasteiger partial charge in [0.15, 0.2) is 11.5 Å². The molecule has 0 fully saturated rings. The van der Waals surface area contributed by atoms with Gasteiger partial charge in [-0.1, -0.05) is 0 Å². The number of alkyl halides is 2. The number of aryl methyl sites for hydroxylation is 3. The zero-order valence-corrected chi connectivity index (χ0v) is 14.4. The second kappa shape index (κ2) is 8.46. The smallest absolute Gasteiger partial charge is 0.387 e. The Morgan fingerprint density at radius 2 is 2.04 bits per heavy atom. The summed E-state index contributed by atoms with van der Waals surface area (Å²) >= 11 is 0. The third-order valence-corrected chi connectivity index (χ3v) is 3.58. The average Bonchev–Trinajstić information content (AvgIpc) is 2.88. The van der Waals surface area contributed by atoms with Crippen molar-refractivity contribution in [3.05, 3.63) is 41.2 Å². The molecular formula is C17H21F2N3O3. The highest BCUT2D eigenvalue weighted by Crippen LogP contribution is 2.29. The summed E-state index contributed by atoms with van der Waals surface area (Å²) in [6.07, 6.45) is 0.699. The summed E-state index contributed by atoms with van der Waals surface area (Å²) < 4.78 is 36.1.